The normalized spacial score (nSPS) is 11.1. The van der Waals surface area contributed by atoms with E-state index in [1.54, 1.807) is 0 Å². The van der Waals surface area contributed by atoms with E-state index in [2.05, 4.69) is 354 Å². The molecule has 0 unspecified atom stereocenters. The molecule has 12 rings (SSSR count). The molecule has 0 aliphatic carbocycles. The molecule has 0 spiro atoms. The highest BCUT2D eigenvalue weighted by atomic mass is 16.5. The molecule has 12 aromatic rings. The molecule has 416 valence electrons. The van der Waals surface area contributed by atoms with Crippen molar-refractivity contribution in [3.8, 4) is 33.8 Å². The molecule has 0 radical (unpaired) electrons. The fourth-order valence-electron chi connectivity index (χ4n) is 11.2. The minimum atomic E-state index is 0.695. The van der Waals surface area contributed by atoms with Crippen LogP contribution in [-0.4, -0.2) is 0 Å². The quantitative estimate of drug-likeness (QED) is 0.0959. The van der Waals surface area contributed by atoms with Crippen molar-refractivity contribution < 1.29 is 4.74 Å². The van der Waals surface area contributed by atoms with Crippen molar-refractivity contribution in [1.29, 1.82) is 0 Å². The van der Waals surface area contributed by atoms with Gasteiger partial charge in [0.25, 0.3) is 0 Å². The lowest BCUT2D eigenvalue weighted by atomic mass is 9.97. The highest BCUT2D eigenvalue weighted by Gasteiger charge is 2.26. The summed E-state index contributed by atoms with van der Waals surface area (Å²) in [6, 6.07) is 101. The van der Waals surface area contributed by atoms with Crippen molar-refractivity contribution in [2.24, 2.45) is 0 Å². The second-order valence-corrected chi connectivity index (χ2v) is 22.5. The third kappa shape index (κ3) is 12.0. The smallest absolute Gasteiger partial charge is 0.128 e. The van der Waals surface area contributed by atoms with Crippen molar-refractivity contribution in [2.45, 2.75) is 55.4 Å². The Morgan fingerprint density at radius 1 is 0.188 bits per heavy atom. The number of hydrogen-bond acceptors (Lipinski definition) is 5. The predicted molar refractivity (Wildman–Crippen MR) is 360 cm³/mol. The Kier molecular flexibility index (Phi) is 15.7. The van der Waals surface area contributed by atoms with E-state index in [-0.39, 0.29) is 0 Å². The van der Waals surface area contributed by atoms with Crippen molar-refractivity contribution in [3.63, 3.8) is 0 Å². The van der Waals surface area contributed by atoms with Crippen LogP contribution in [-0.2, 0) is 0 Å². The third-order valence-electron chi connectivity index (χ3n) is 15.9. The number of benzene rings is 12. The lowest BCUT2D eigenvalue weighted by Gasteiger charge is -2.32. The van der Waals surface area contributed by atoms with Gasteiger partial charge in [0.1, 0.15) is 11.5 Å². The SMILES string of the molecule is Cc1ccc(N(c2ccc(C)cc2)c2ccccc2-c2cc(Oc3ccc(N(c4ccc(C)cc4)c4ccc(C)cc4)c(-c4ccccc4N(c4ccc(C)cc4)c4ccc(C)cc4)c3)ccc2N(c2ccc(C)cc2)c2ccc(C)cc2)cc1. The monoisotopic (exact) mass is 1100 g/mol. The number of nitrogens with zero attached hydrogens (tertiary/aromatic N) is 4. The molecule has 0 atom stereocenters. The van der Waals surface area contributed by atoms with E-state index < -0.39 is 0 Å². The molecule has 85 heavy (non-hydrogen) atoms. The maximum Gasteiger partial charge on any atom is 0.128 e. The van der Waals surface area contributed by atoms with Crippen molar-refractivity contribution in [1.82, 2.24) is 0 Å². The summed E-state index contributed by atoms with van der Waals surface area (Å²) >= 11 is 0. The summed E-state index contributed by atoms with van der Waals surface area (Å²) < 4.78 is 7.39. The zero-order chi connectivity index (χ0) is 58.6. The molecule has 5 heteroatoms. The molecule has 0 heterocycles. The van der Waals surface area contributed by atoms with E-state index in [0.29, 0.717) is 11.5 Å². The van der Waals surface area contributed by atoms with E-state index in [1.165, 1.54) is 44.5 Å². The highest BCUT2D eigenvalue weighted by molar-refractivity contribution is 5.98. The summed E-state index contributed by atoms with van der Waals surface area (Å²) in [6.45, 7) is 17.1. The molecule has 12 aromatic carbocycles. The molecule has 0 bridgehead atoms. The van der Waals surface area contributed by atoms with Gasteiger partial charge in [-0.15, -0.1) is 0 Å². The van der Waals surface area contributed by atoms with E-state index in [4.69, 9.17) is 4.74 Å². The molecule has 0 aliphatic heterocycles. The van der Waals surface area contributed by atoms with Crippen LogP contribution < -0.4 is 24.3 Å². The summed E-state index contributed by atoms with van der Waals surface area (Å²) in [5, 5.41) is 0. The van der Waals surface area contributed by atoms with Crippen LogP contribution in [0.5, 0.6) is 11.5 Å². The summed E-state index contributed by atoms with van der Waals surface area (Å²) in [5.41, 5.74) is 26.2. The molecule has 0 aromatic heterocycles. The Morgan fingerprint density at radius 2 is 0.376 bits per heavy atom. The van der Waals surface area contributed by atoms with Crippen LogP contribution in [0.3, 0.4) is 0 Å². The van der Waals surface area contributed by atoms with Crippen LogP contribution in [0.25, 0.3) is 22.3 Å². The summed E-state index contributed by atoms with van der Waals surface area (Å²) in [4.78, 5) is 9.50. The molecule has 0 amide bonds. The molecule has 0 saturated heterocycles. The van der Waals surface area contributed by atoms with Gasteiger partial charge >= 0.3 is 0 Å². The predicted octanol–water partition coefficient (Wildman–Crippen LogP) is 23.2. The number of hydrogen-bond donors (Lipinski definition) is 0. The molecule has 0 N–H and O–H groups in total. The van der Waals surface area contributed by atoms with Gasteiger partial charge in [-0.3, -0.25) is 0 Å². The zero-order valence-corrected chi connectivity index (χ0v) is 49.8. The van der Waals surface area contributed by atoms with Gasteiger partial charge in [0.15, 0.2) is 0 Å². The van der Waals surface area contributed by atoms with Crippen LogP contribution >= 0.6 is 0 Å². The first kappa shape index (κ1) is 55.2. The van der Waals surface area contributed by atoms with Gasteiger partial charge < -0.3 is 24.3 Å². The maximum absolute atomic E-state index is 7.39. The fourth-order valence-corrected chi connectivity index (χ4v) is 11.2. The minimum Gasteiger partial charge on any atom is -0.457 e. The lowest BCUT2D eigenvalue weighted by Crippen LogP contribution is -2.14. The zero-order valence-electron chi connectivity index (χ0n) is 49.8. The Morgan fingerprint density at radius 3 is 0.588 bits per heavy atom. The lowest BCUT2D eigenvalue weighted by molar-refractivity contribution is 0.483. The molecule has 0 aliphatic rings. The van der Waals surface area contributed by atoms with Gasteiger partial charge in [-0.25, -0.2) is 0 Å². The minimum absolute atomic E-state index is 0.695. The van der Waals surface area contributed by atoms with Crippen LogP contribution in [0.15, 0.2) is 279 Å². The van der Waals surface area contributed by atoms with Crippen LogP contribution in [0, 0.1) is 55.4 Å². The number of para-hydroxylation sites is 2. The standard InChI is InChI=1S/C80H70N4O/c1-55-17-33-63(34-18-55)81(64-35-19-56(2)20-36-64)77-15-11-9-13-73(77)75-53-71(49-51-79(75)83(67-41-25-59(5)26-42-67)68-43-27-60(6)28-44-68)85-72-50-52-80(84(69-45-29-61(7)30-46-69)70-47-31-62(8)32-48-70)76(54-72)74-14-10-12-16-78(74)82(65-37-21-57(3)22-38-65)66-39-23-58(4)24-40-66/h9-54H,1-8H3. The topological polar surface area (TPSA) is 22.2 Å². The average Bonchev–Trinajstić information content (AvgIpc) is 2.89. The van der Waals surface area contributed by atoms with Crippen LogP contribution in [0.2, 0.25) is 0 Å². The van der Waals surface area contributed by atoms with Crippen molar-refractivity contribution in [2.75, 3.05) is 19.6 Å². The van der Waals surface area contributed by atoms with Gasteiger partial charge in [0, 0.05) is 67.8 Å². The van der Waals surface area contributed by atoms with Crippen LogP contribution in [0.4, 0.5) is 68.2 Å². The molecular formula is C80H70N4O. The summed E-state index contributed by atoms with van der Waals surface area (Å²) in [5.74, 6) is 1.39. The average molecular weight is 1100 g/mol. The Hall–Kier alpha value is -10.4. The number of ether oxygens (including phenoxy) is 1. The van der Waals surface area contributed by atoms with Gasteiger partial charge in [-0.05, 0) is 201 Å². The summed E-state index contributed by atoms with van der Waals surface area (Å²) in [6.07, 6.45) is 0. The Balaban J connectivity index is 1.08. The largest absolute Gasteiger partial charge is 0.457 e. The van der Waals surface area contributed by atoms with Crippen molar-refractivity contribution >= 4 is 68.2 Å². The van der Waals surface area contributed by atoms with E-state index >= 15 is 0 Å². The first-order valence-corrected chi connectivity index (χ1v) is 29.3. The Bertz CT molecular complexity index is 3790. The molecule has 0 saturated carbocycles. The van der Waals surface area contributed by atoms with Crippen LogP contribution in [0.1, 0.15) is 44.5 Å². The highest BCUT2D eigenvalue weighted by Crippen LogP contribution is 2.51. The van der Waals surface area contributed by atoms with Crippen molar-refractivity contribution in [3.05, 3.63) is 324 Å². The number of rotatable bonds is 16. The molecular weight excluding hydrogens is 1030 g/mol. The first-order chi connectivity index (χ1) is 41.4. The van der Waals surface area contributed by atoms with E-state index in [9.17, 15) is 0 Å². The second kappa shape index (κ2) is 24.2. The first-order valence-electron chi connectivity index (χ1n) is 29.3. The van der Waals surface area contributed by atoms with Gasteiger partial charge in [0.05, 0.1) is 22.7 Å². The van der Waals surface area contributed by atoms with E-state index in [0.717, 1.165) is 90.5 Å². The molecule has 0 fully saturated rings. The fraction of sp³-hybridized carbons (Fsp3) is 0.100. The number of aryl methyl sites for hydroxylation is 8. The summed E-state index contributed by atoms with van der Waals surface area (Å²) in [7, 11) is 0. The Labute approximate surface area is 502 Å². The van der Waals surface area contributed by atoms with Gasteiger partial charge in [-0.1, -0.05) is 178 Å². The van der Waals surface area contributed by atoms with Gasteiger partial charge in [-0.2, -0.15) is 0 Å². The van der Waals surface area contributed by atoms with Gasteiger partial charge in [0.2, 0.25) is 0 Å². The third-order valence-corrected chi connectivity index (χ3v) is 15.9. The number of anilines is 12. The second-order valence-electron chi connectivity index (χ2n) is 22.5. The van der Waals surface area contributed by atoms with E-state index in [1.807, 2.05) is 0 Å². The maximum atomic E-state index is 7.39. The molecule has 5 nitrogen and oxygen atoms in total.